The molecule has 1 saturated heterocycles. The highest BCUT2D eigenvalue weighted by Gasteiger charge is 2.17. The number of rotatable bonds is 9. The number of methoxy groups -OCH3 is 1. The first-order chi connectivity index (χ1) is 13.3. The van der Waals surface area contributed by atoms with Crippen molar-refractivity contribution in [3.8, 4) is 11.5 Å². The maximum atomic E-state index is 5.98. The molecule has 1 aromatic heterocycles. The van der Waals surface area contributed by atoms with Crippen LogP contribution in [0.1, 0.15) is 24.0 Å². The molecule has 0 atom stereocenters. The molecule has 0 saturated carbocycles. The van der Waals surface area contributed by atoms with Gasteiger partial charge in [-0.25, -0.2) is 0 Å². The maximum absolute atomic E-state index is 5.98. The number of piperidine rings is 1. The third-order valence-corrected chi connectivity index (χ3v) is 4.91. The summed E-state index contributed by atoms with van der Waals surface area (Å²) in [5.41, 5.74) is 2.24. The topological polar surface area (TPSA) is 46.6 Å². The molecule has 1 aliphatic heterocycles. The van der Waals surface area contributed by atoms with E-state index in [0.717, 1.165) is 43.2 Å². The number of hydrogen-bond donors (Lipinski definition) is 1. The molecule has 5 nitrogen and oxygen atoms in total. The number of benzene rings is 1. The summed E-state index contributed by atoms with van der Waals surface area (Å²) in [7, 11) is 1.67. The molecule has 1 aromatic carbocycles. The van der Waals surface area contributed by atoms with Gasteiger partial charge in [0.15, 0.2) is 11.5 Å². The van der Waals surface area contributed by atoms with Gasteiger partial charge in [-0.3, -0.25) is 9.88 Å². The fourth-order valence-electron chi connectivity index (χ4n) is 3.35. The van der Waals surface area contributed by atoms with E-state index in [0.29, 0.717) is 12.6 Å². The van der Waals surface area contributed by atoms with Gasteiger partial charge in [0, 0.05) is 37.1 Å². The van der Waals surface area contributed by atoms with Gasteiger partial charge in [0.1, 0.15) is 6.61 Å². The minimum Gasteiger partial charge on any atom is -0.493 e. The Morgan fingerprint density at radius 2 is 2.07 bits per heavy atom. The first-order valence-corrected chi connectivity index (χ1v) is 9.53. The van der Waals surface area contributed by atoms with Gasteiger partial charge in [-0.1, -0.05) is 18.2 Å². The second-order valence-corrected chi connectivity index (χ2v) is 6.88. The minimum absolute atomic E-state index is 0.475. The Balaban J connectivity index is 1.54. The van der Waals surface area contributed by atoms with E-state index in [2.05, 4.69) is 33.9 Å². The van der Waals surface area contributed by atoms with Crippen LogP contribution in [0.3, 0.4) is 0 Å². The van der Waals surface area contributed by atoms with Crippen LogP contribution < -0.4 is 14.8 Å². The van der Waals surface area contributed by atoms with Gasteiger partial charge in [0.25, 0.3) is 0 Å². The molecule has 1 N–H and O–H groups in total. The van der Waals surface area contributed by atoms with Crippen LogP contribution in [0, 0.1) is 0 Å². The first-order valence-electron chi connectivity index (χ1n) is 9.53. The molecule has 0 amide bonds. The number of aromatic nitrogens is 1. The third-order valence-electron chi connectivity index (χ3n) is 4.91. The monoisotopic (exact) mass is 367 g/mol. The second kappa shape index (κ2) is 10.1. The number of pyridine rings is 1. The van der Waals surface area contributed by atoms with Crippen LogP contribution in [0.15, 0.2) is 55.4 Å². The number of ether oxygens (including phenoxy) is 2. The van der Waals surface area contributed by atoms with Crippen molar-refractivity contribution in [3.05, 3.63) is 66.5 Å². The van der Waals surface area contributed by atoms with Gasteiger partial charge in [0.2, 0.25) is 0 Å². The lowest BCUT2D eigenvalue weighted by Gasteiger charge is -2.31. The van der Waals surface area contributed by atoms with Crippen LogP contribution in [-0.2, 0) is 13.2 Å². The van der Waals surface area contributed by atoms with E-state index in [9.17, 15) is 0 Å². The van der Waals surface area contributed by atoms with Crippen molar-refractivity contribution in [2.75, 3.05) is 26.7 Å². The van der Waals surface area contributed by atoms with E-state index < -0.39 is 0 Å². The number of likely N-dealkylation sites (tertiary alicyclic amines) is 1. The average molecular weight is 367 g/mol. The van der Waals surface area contributed by atoms with Crippen molar-refractivity contribution in [2.24, 2.45) is 0 Å². The van der Waals surface area contributed by atoms with E-state index >= 15 is 0 Å². The quantitative estimate of drug-likeness (QED) is 0.688. The Morgan fingerprint density at radius 1 is 1.22 bits per heavy atom. The summed E-state index contributed by atoms with van der Waals surface area (Å²) in [4.78, 5) is 6.57. The largest absolute Gasteiger partial charge is 0.493 e. The van der Waals surface area contributed by atoms with Gasteiger partial charge in [0.05, 0.1) is 7.11 Å². The Labute approximate surface area is 162 Å². The van der Waals surface area contributed by atoms with Crippen molar-refractivity contribution >= 4 is 0 Å². The number of nitrogens with zero attached hydrogens (tertiary/aromatic N) is 2. The van der Waals surface area contributed by atoms with E-state index in [1.807, 2.05) is 30.5 Å². The highest BCUT2D eigenvalue weighted by Crippen LogP contribution is 2.29. The van der Waals surface area contributed by atoms with Crippen molar-refractivity contribution in [3.63, 3.8) is 0 Å². The molecule has 0 unspecified atom stereocenters. The smallest absolute Gasteiger partial charge is 0.161 e. The molecule has 5 heteroatoms. The van der Waals surface area contributed by atoms with Crippen molar-refractivity contribution in [1.82, 2.24) is 15.2 Å². The molecule has 27 heavy (non-hydrogen) atoms. The molecule has 0 aliphatic carbocycles. The van der Waals surface area contributed by atoms with Crippen LogP contribution in [0.2, 0.25) is 0 Å². The van der Waals surface area contributed by atoms with E-state index in [1.54, 1.807) is 13.3 Å². The summed E-state index contributed by atoms with van der Waals surface area (Å²) in [5, 5.41) is 3.68. The lowest BCUT2D eigenvalue weighted by atomic mass is 10.0. The number of hydrogen-bond acceptors (Lipinski definition) is 5. The van der Waals surface area contributed by atoms with Gasteiger partial charge >= 0.3 is 0 Å². The summed E-state index contributed by atoms with van der Waals surface area (Å²) in [5.74, 6) is 1.52. The van der Waals surface area contributed by atoms with Crippen LogP contribution in [-0.4, -0.2) is 42.7 Å². The van der Waals surface area contributed by atoms with Crippen molar-refractivity contribution in [2.45, 2.75) is 32.0 Å². The molecular weight excluding hydrogens is 338 g/mol. The molecule has 2 aromatic rings. The minimum atomic E-state index is 0.475. The SMILES string of the molecule is C=CCN1CCC(NCc2ccc(OC)c(OCc3cccnc3)c2)CC1. The predicted octanol–water partition coefficient (Wildman–Crippen LogP) is 3.41. The Kier molecular flexibility index (Phi) is 7.25. The van der Waals surface area contributed by atoms with Crippen LogP contribution in [0.25, 0.3) is 0 Å². The van der Waals surface area contributed by atoms with Gasteiger partial charge < -0.3 is 14.8 Å². The Hall–Kier alpha value is -2.37. The fraction of sp³-hybridized carbons (Fsp3) is 0.409. The Bertz CT molecular complexity index is 713. The van der Waals surface area contributed by atoms with Crippen LogP contribution in [0.4, 0.5) is 0 Å². The normalized spacial score (nSPS) is 15.4. The van der Waals surface area contributed by atoms with E-state index in [4.69, 9.17) is 9.47 Å². The zero-order valence-electron chi connectivity index (χ0n) is 16.1. The van der Waals surface area contributed by atoms with Crippen LogP contribution >= 0.6 is 0 Å². The molecule has 1 aliphatic rings. The van der Waals surface area contributed by atoms with Gasteiger partial charge in [-0.15, -0.1) is 6.58 Å². The van der Waals surface area contributed by atoms with Gasteiger partial charge in [-0.05, 0) is 49.7 Å². The van der Waals surface area contributed by atoms with Crippen molar-refractivity contribution < 1.29 is 9.47 Å². The molecule has 0 spiro atoms. The highest BCUT2D eigenvalue weighted by atomic mass is 16.5. The summed E-state index contributed by atoms with van der Waals surface area (Å²) in [6.07, 6.45) is 7.91. The number of nitrogens with one attached hydrogen (secondary N) is 1. The molecule has 0 radical (unpaired) electrons. The average Bonchev–Trinajstić information content (AvgIpc) is 2.73. The predicted molar refractivity (Wildman–Crippen MR) is 108 cm³/mol. The molecule has 0 bridgehead atoms. The highest BCUT2D eigenvalue weighted by molar-refractivity contribution is 5.43. The molecule has 2 heterocycles. The van der Waals surface area contributed by atoms with Gasteiger partial charge in [-0.2, -0.15) is 0 Å². The second-order valence-electron chi connectivity index (χ2n) is 6.88. The van der Waals surface area contributed by atoms with E-state index in [1.165, 1.54) is 18.4 Å². The lowest BCUT2D eigenvalue weighted by molar-refractivity contribution is 0.214. The molecular formula is C22H29N3O2. The standard InChI is InChI=1S/C22H29N3O2/c1-3-11-25-12-8-20(9-13-25)24-16-18-6-7-21(26-2)22(14-18)27-17-19-5-4-10-23-15-19/h3-7,10,14-15,20,24H,1,8-9,11-13,16-17H2,2H3. The van der Waals surface area contributed by atoms with E-state index in [-0.39, 0.29) is 0 Å². The molecule has 144 valence electrons. The van der Waals surface area contributed by atoms with Crippen LogP contribution in [0.5, 0.6) is 11.5 Å². The summed E-state index contributed by atoms with van der Waals surface area (Å²) in [6.45, 7) is 8.38. The fourth-order valence-corrected chi connectivity index (χ4v) is 3.35. The third kappa shape index (κ3) is 5.81. The van der Waals surface area contributed by atoms with Crippen molar-refractivity contribution in [1.29, 1.82) is 0 Å². The summed E-state index contributed by atoms with van der Waals surface area (Å²) >= 11 is 0. The zero-order valence-corrected chi connectivity index (χ0v) is 16.1. The first kappa shape index (κ1) is 19.4. The molecule has 3 rings (SSSR count). The Morgan fingerprint density at radius 3 is 2.78 bits per heavy atom. The molecule has 1 fully saturated rings. The zero-order chi connectivity index (χ0) is 18.9. The lowest BCUT2D eigenvalue weighted by Crippen LogP contribution is -2.42. The maximum Gasteiger partial charge on any atom is 0.161 e. The summed E-state index contributed by atoms with van der Waals surface area (Å²) in [6, 6.07) is 10.6. The summed E-state index contributed by atoms with van der Waals surface area (Å²) < 4.78 is 11.4.